The number of nitrogens with zero attached hydrogens (tertiary/aromatic N) is 3. The molecule has 1 aromatic heterocycles. The minimum absolute atomic E-state index is 0.0988. The minimum atomic E-state index is -0.102. The summed E-state index contributed by atoms with van der Waals surface area (Å²) < 4.78 is 22.0. The van der Waals surface area contributed by atoms with Gasteiger partial charge in [0.15, 0.2) is 11.6 Å². The van der Waals surface area contributed by atoms with Crippen LogP contribution in [0.2, 0.25) is 5.02 Å². The summed E-state index contributed by atoms with van der Waals surface area (Å²) in [6, 6.07) is 5.04. The summed E-state index contributed by atoms with van der Waals surface area (Å²) in [4.78, 5) is 10.9. The number of anilines is 2. The van der Waals surface area contributed by atoms with Crippen LogP contribution in [0.25, 0.3) is 0 Å². The highest BCUT2D eigenvalue weighted by Crippen LogP contribution is 2.37. The summed E-state index contributed by atoms with van der Waals surface area (Å²) in [6.07, 6.45) is 0. The number of morpholine rings is 1. The number of nitrogens with two attached hydrogens (primary N) is 1. The van der Waals surface area contributed by atoms with E-state index in [1.807, 2.05) is 4.90 Å². The zero-order valence-corrected chi connectivity index (χ0v) is 16.3. The van der Waals surface area contributed by atoms with E-state index in [1.165, 1.54) is 0 Å². The van der Waals surface area contributed by atoms with Crippen LogP contribution < -0.4 is 20.1 Å². The molecule has 0 atom stereocenters. The van der Waals surface area contributed by atoms with Gasteiger partial charge in [-0.3, -0.25) is 0 Å². The van der Waals surface area contributed by atoms with Crippen molar-refractivity contribution in [3.63, 3.8) is 0 Å². The predicted octanol–water partition coefficient (Wildman–Crippen LogP) is 1.86. The molecule has 1 aromatic carbocycles. The van der Waals surface area contributed by atoms with Gasteiger partial charge in [0.05, 0.1) is 45.2 Å². The van der Waals surface area contributed by atoms with Crippen molar-refractivity contribution >= 4 is 23.4 Å². The zero-order valence-electron chi connectivity index (χ0n) is 15.6. The molecule has 10 heteroatoms. The first kappa shape index (κ1) is 20.4. The average Bonchev–Trinajstić information content (AvgIpc) is 2.72. The molecule has 3 N–H and O–H groups in total. The van der Waals surface area contributed by atoms with Crippen LogP contribution in [0.15, 0.2) is 18.2 Å². The highest BCUT2D eigenvalue weighted by atomic mass is 35.5. The van der Waals surface area contributed by atoms with Gasteiger partial charge in [-0.15, -0.1) is 0 Å². The molecule has 2 aromatic rings. The molecule has 152 valence electrons. The highest BCUT2D eigenvalue weighted by molar-refractivity contribution is 6.32. The summed E-state index contributed by atoms with van der Waals surface area (Å²) in [6.45, 7) is 2.68. The SMILES string of the molecule is COc1ccc(Cl)c(Oc2c(N)nc(N3CCOCC3)nc2COCCO)c1. The number of aliphatic hydroxyl groups is 1. The van der Waals surface area contributed by atoms with Gasteiger partial charge in [0.2, 0.25) is 5.95 Å². The van der Waals surface area contributed by atoms with Gasteiger partial charge in [-0.25, -0.2) is 4.98 Å². The first-order chi connectivity index (χ1) is 13.6. The molecule has 1 fully saturated rings. The second-order valence-corrected chi connectivity index (χ2v) is 6.37. The van der Waals surface area contributed by atoms with Crippen molar-refractivity contribution in [3.8, 4) is 17.2 Å². The van der Waals surface area contributed by atoms with E-state index in [2.05, 4.69) is 9.97 Å². The molecule has 0 unspecified atom stereocenters. The lowest BCUT2D eigenvalue weighted by Gasteiger charge is -2.27. The lowest BCUT2D eigenvalue weighted by atomic mass is 10.3. The smallest absolute Gasteiger partial charge is 0.228 e. The Morgan fingerprint density at radius 3 is 2.79 bits per heavy atom. The minimum Gasteiger partial charge on any atom is -0.497 e. The number of hydrogen-bond donors (Lipinski definition) is 2. The zero-order chi connectivity index (χ0) is 19.9. The first-order valence-electron chi connectivity index (χ1n) is 8.81. The van der Waals surface area contributed by atoms with Crippen LogP contribution in [0.3, 0.4) is 0 Å². The van der Waals surface area contributed by atoms with Crippen molar-refractivity contribution in [1.82, 2.24) is 9.97 Å². The number of halogens is 1. The van der Waals surface area contributed by atoms with Crippen LogP contribution >= 0.6 is 11.6 Å². The maximum absolute atomic E-state index is 8.99. The highest BCUT2D eigenvalue weighted by Gasteiger charge is 2.21. The van der Waals surface area contributed by atoms with E-state index >= 15 is 0 Å². The number of aliphatic hydroxyl groups excluding tert-OH is 1. The number of aromatic nitrogens is 2. The third-order valence-corrected chi connectivity index (χ3v) is 4.38. The molecule has 9 nitrogen and oxygen atoms in total. The Balaban J connectivity index is 1.93. The number of rotatable bonds is 8. The molecule has 0 radical (unpaired) electrons. The number of nitrogen functional groups attached to an aromatic ring is 1. The van der Waals surface area contributed by atoms with Crippen molar-refractivity contribution in [2.75, 3.05) is 57.3 Å². The van der Waals surface area contributed by atoms with E-state index in [1.54, 1.807) is 25.3 Å². The second kappa shape index (κ2) is 9.74. The Morgan fingerprint density at radius 2 is 2.07 bits per heavy atom. The molecule has 0 bridgehead atoms. The van der Waals surface area contributed by atoms with E-state index in [0.717, 1.165) is 0 Å². The van der Waals surface area contributed by atoms with Gasteiger partial charge in [0.25, 0.3) is 0 Å². The fraction of sp³-hybridized carbons (Fsp3) is 0.444. The van der Waals surface area contributed by atoms with Crippen molar-refractivity contribution in [1.29, 1.82) is 0 Å². The molecule has 0 aliphatic carbocycles. The molecule has 0 saturated carbocycles. The van der Waals surface area contributed by atoms with Crippen LogP contribution in [-0.2, 0) is 16.1 Å². The maximum atomic E-state index is 8.99. The molecular weight excluding hydrogens is 388 g/mol. The summed E-state index contributed by atoms with van der Waals surface area (Å²) in [7, 11) is 1.55. The normalized spacial score (nSPS) is 14.2. The fourth-order valence-corrected chi connectivity index (χ4v) is 2.80. The Kier molecular flexibility index (Phi) is 7.10. The van der Waals surface area contributed by atoms with Gasteiger partial charge in [0, 0.05) is 19.2 Å². The predicted molar refractivity (Wildman–Crippen MR) is 104 cm³/mol. The molecule has 1 aliphatic rings. The molecular formula is C18H23ClN4O5. The first-order valence-corrected chi connectivity index (χ1v) is 9.19. The van der Waals surface area contributed by atoms with Crippen LogP contribution in [0.5, 0.6) is 17.2 Å². The Bertz CT molecular complexity index is 802. The second-order valence-electron chi connectivity index (χ2n) is 5.96. The van der Waals surface area contributed by atoms with Gasteiger partial charge in [-0.05, 0) is 12.1 Å². The summed E-state index contributed by atoms with van der Waals surface area (Å²) >= 11 is 6.24. The average molecular weight is 411 g/mol. The molecule has 0 amide bonds. The Labute approximate surface area is 167 Å². The summed E-state index contributed by atoms with van der Waals surface area (Å²) in [5, 5.41) is 9.38. The van der Waals surface area contributed by atoms with E-state index in [4.69, 9.17) is 41.4 Å². The molecule has 1 aliphatic heterocycles. The largest absolute Gasteiger partial charge is 0.497 e. The Morgan fingerprint density at radius 1 is 1.29 bits per heavy atom. The quantitative estimate of drug-likeness (QED) is 0.629. The number of hydrogen-bond acceptors (Lipinski definition) is 9. The van der Waals surface area contributed by atoms with Crippen LogP contribution in [0, 0.1) is 0 Å². The van der Waals surface area contributed by atoms with Gasteiger partial charge in [-0.2, -0.15) is 4.98 Å². The third kappa shape index (κ3) is 4.93. The van der Waals surface area contributed by atoms with Gasteiger partial charge >= 0.3 is 0 Å². The van der Waals surface area contributed by atoms with E-state index in [0.29, 0.717) is 54.5 Å². The van der Waals surface area contributed by atoms with Crippen molar-refractivity contribution in [2.24, 2.45) is 0 Å². The van der Waals surface area contributed by atoms with Crippen LogP contribution in [0.4, 0.5) is 11.8 Å². The van der Waals surface area contributed by atoms with E-state index < -0.39 is 0 Å². The molecule has 28 heavy (non-hydrogen) atoms. The summed E-state index contributed by atoms with van der Waals surface area (Å²) in [5.74, 6) is 1.84. The molecule has 3 rings (SSSR count). The van der Waals surface area contributed by atoms with E-state index in [9.17, 15) is 0 Å². The number of methoxy groups -OCH3 is 1. The van der Waals surface area contributed by atoms with Crippen molar-refractivity contribution < 1.29 is 24.1 Å². The lowest BCUT2D eigenvalue weighted by Crippen LogP contribution is -2.37. The molecule has 1 saturated heterocycles. The topological polar surface area (TPSA) is 112 Å². The summed E-state index contributed by atoms with van der Waals surface area (Å²) in [5.41, 5.74) is 6.65. The Hall–Kier alpha value is -2.33. The van der Waals surface area contributed by atoms with Gasteiger partial charge in [0.1, 0.15) is 17.2 Å². The van der Waals surface area contributed by atoms with Gasteiger partial charge < -0.3 is 34.7 Å². The number of ether oxygens (including phenoxy) is 4. The van der Waals surface area contributed by atoms with Crippen molar-refractivity contribution in [2.45, 2.75) is 6.61 Å². The molecule has 2 heterocycles. The van der Waals surface area contributed by atoms with Crippen LogP contribution in [-0.4, -0.2) is 61.7 Å². The number of benzene rings is 1. The fourth-order valence-electron chi connectivity index (χ4n) is 2.65. The third-order valence-electron chi connectivity index (χ3n) is 4.07. The molecule has 0 spiro atoms. The monoisotopic (exact) mass is 410 g/mol. The van der Waals surface area contributed by atoms with E-state index in [-0.39, 0.29) is 31.4 Å². The standard InChI is InChI=1S/C18H23ClN4O5/c1-25-12-2-3-13(19)15(10-12)28-16-14(11-27-9-6-24)21-18(22-17(16)20)23-4-7-26-8-5-23/h2-3,10,24H,4-9,11H2,1H3,(H2,20,21,22). The maximum Gasteiger partial charge on any atom is 0.228 e. The van der Waals surface area contributed by atoms with Gasteiger partial charge in [-0.1, -0.05) is 11.6 Å². The van der Waals surface area contributed by atoms with Crippen molar-refractivity contribution in [3.05, 3.63) is 28.9 Å². The lowest BCUT2D eigenvalue weighted by molar-refractivity contribution is 0.0785. The van der Waals surface area contributed by atoms with Crippen LogP contribution in [0.1, 0.15) is 5.69 Å².